The van der Waals surface area contributed by atoms with Crippen LogP contribution in [0.3, 0.4) is 0 Å². The van der Waals surface area contributed by atoms with E-state index in [1.165, 1.54) is 24.3 Å². The number of amides is 1. The molecule has 0 saturated carbocycles. The molecule has 0 unspecified atom stereocenters. The standard InChI is InChI=1S/C18H11Cl2FN2O/c19-11-6-7-14(15(21)8-11)16-9-12(20)10-17(23-16)18(24)22-13-4-2-1-3-5-13/h1-10H,(H,22,24). The maximum atomic E-state index is 14.1. The highest BCUT2D eigenvalue weighted by Crippen LogP contribution is 2.26. The van der Waals surface area contributed by atoms with Gasteiger partial charge in [0.05, 0.1) is 5.69 Å². The van der Waals surface area contributed by atoms with Gasteiger partial charge in [0.15, 0.2) is 0 Å². The summed E-state index contributed by atoms with van der Waals surface area (Å²) >= 11 is 11.8. The number of halogens is 3. The average molecular weight is 361 g/mol. The number of carbonyl (C=O) groups is 1. The van der Waals surface area contributed by atoms with Crippen LogP contribution in [0, 0.1) is 5.82 Å². The van der Waals surface area contributed by atoms with Crippen molar-refractivity contribution < 1.29 is 9.18 Å². The molecule has 1 heterocycles. The number of hydrogen-bond donors (Lipinski definition) is 1. The smallest absolute Gasteiger partial charge is 0.274 e. The van der Waals surface area contributed by atoms with Crippen LogP contribution in [0.2, 0.25) is 10.0 Å². The first-order chi connectivity index (χ1) is 11.5. The molecule has 3 aromatic rings. The van der Waals surface area contributed by atoms with Gasteiger partial charge in [-0.2, -0.15) is 0 Å². The van der Waals surface area contributed by atoms with Crippen molar-refractivity contribution in [3.05, 3.63) is 82.2 Å². The minimum atomic E-state index is -0.535. The first-order valence-corrected chi connectivity index (χ1v) is 7.78. The van der Waals surface area contributed by atoms with Crippen LogP contribution in [-0.4, -0.2) is 10.9 Å². The maximum Gasteiger partial charge on any atom is 0.274 e. The van der Waals surface area contributed by atoms with Crippen molar-refractivity contribution in [1.29, 1.82) is 0 Å². The number of nitrogens with zero attached hydrogens (tertiary/aromatic N) is 1. The fraction of sp³-hybridized carbons (Fsp3) is 0. The lowest BCUT2D eigenvalue weighted by molar-refractivity contribution is 0.102. The molecular weight excluding hydrogens is 350 g/mol. The van der Waals surface area contributed by atoms with Crippen LogP contribution in [0.1, 0.15) is 10.5 Å². The zero-order valence-corrected chi connectivity index (χ0v) is 13.8. The van der Waals surface area contributed by atoms with Gasteiger partial charge in [-0.05, 0) is 42.5 Å². The van der Waals surface area contributed by atoms with Gasteiger partial charge < -0.3 is 5.32 Å². The summed E-state index contributed by atoms with van der Waals surface area (Å²) in [6.45, 7) is 0. The van der Waals surface area contributed by atoms with Crippen molar-refractivity contribution in [2.45, 2.75) is 0 Å². The number of hydrogen-bond acceptors (Lipinski definition) is 2. The van der Waals surface area contributed by atoms with Crippen LogP contribution in [0.15, 0.2) is 60.7 Å². The number of aromatic nitrogens is 1. The van der Waals surface area contributed by atoms with Crippen molar-refractivity contribution in [2.75, 3.05) is 5.32 Å². The molecule has 120 valence electrons. The Morgan fingerprint density at radius 1 is 0.958 bits per heavy atom. The molecule has 2 aromatic carbocycles. The van der Waals surface area contributed by atoms with Gasteiger partial charge in [0.2, 0.25) is 0 Å². The largest absolute Gasteiger partial charge is 0.321 e. The summed E-state index contributed by atoms with van der Waals surface area (Å²) in [7, 11) is 0. The average Bonchev–Trinajstić information content (AvgIpc) is 2.55. The molecule has 0 aliphatic heterocycles. The molecular formula is C18H11Cl2FN2O. The highest BCUT2D eigenvalue weighted by Gasteiger charge is 2.14. The predicted molar refractivity (Wildman–Crippen MR) is 94.0 cm³/mol. The molecule has 0 atom stereocenters. The molecule has 1 amide bonds. The van der Waals surface area contributed by atoms with E-state index < -0.39 is 11.7 Å². The number of benzene rings is 2. The van der Waals surface area contributed by atoms with E-state index in [4.69, 9.17) is 23.2 Å². The Hall–Kier alpha value is -2.43. The Morgan fingerprint density at radius 2 is 1.71 bits per heavy atom. The molecule has 3 rings (SSSR count). The summed E-state index contributed by atoms with van der Waals surface area (Å²) in [6.07, 6.45) is 0. The lowest BCUT2D eigenvalue weighted by atomic mass is 10.1. The van der Waals surface area contributed by atoms with Gasteiger partial charge in [-0.1, -0.05) is 41.4 Å². The minimum absolute atomic E-state index is 0.0932. The van der Waals surface area contributed by atoms with Crippen LogP contribution < -0.4 is 5.32 Å². The van der Waals surface area contributed by atoms with Crippen LogP contribution in [-0.2, 0) is 0 Å². The van der Waals surface area contributed by atoms with E-state index in [1.54, 1.807) is 30.3 Å². The summed E-state index contributed by atoms with van der Waals surface area (Å²) in [4.78, 5) is 16.6. The van der Waals surface area contributed by atoms with E-state index in [0.717, 1.165) is 0 Å². The monoisotopic (exact) mass is 360 g/mol. The Morgan fingerprint density at radius 3 is 2.42 bits per heavy atom. The normalized spacial score (nSPS) is 10.5. The van der Waals surface area contributed by atoms with Gasteiger partial charge in [0, 0.05) is 21.3 Å². The first-order valence-electron chi connectivity index (χ1n) is 7.02. The quantitative estimate of drug-likeness (QED) is 0.674. The second kappa shape index (κ2) is 6.99. The van der Waals surface area contributed by atoms with E-state index in [9.17, 15) is 9.18 Å². The number of para-hydroxylation sites is 1. The van der Waals surface area contributed by atoms with Crippen molar-refractivity contribution in [3.63, 3.8) is 0 Å². The summed E-state index contributed by atoms with van der Waals surface area (Å²) in [5, 5.41) is 3.28. The summed E-state index contributed by atoms with van der Waals surface area (Å²) in [5.74, 6) is -0.967. The summed E-state index contributed by atoms with van der Waals surface area (Å²) in [5.41, 5.74) is 1.20. The molecule has 0 saturated heterocycles. The Balaban J connectivity index is 1.95. The van der Waals surface area contributed by atoms with Gasteiger partial charge in [-0.15, -0.1) is 0 Å². The zero-order valence-electron chi connectivity index (χ0n) is 12.3. The topological polar surface area (TPSA) is 42.0 Å². The Kier molecular flexibility index (Phi) is 4.79. The molecule has 0 aliphatic rings. The Labute approximate surface area is 148 Å². The SMILES string of the molecule is O=C(Nc1ccccc1)c1cc(Cl)cc(-c2ccc(Cl)cc2F)n1. The number of rotatable bonds is 3. The third-order valence-corrected chi connectivity index (χ3v) is 3.71. The highest BCUT2D eigenvalue weighted by atomic mass is 35.5. The second-order valence-electron chi connectivity index (χ2n) is 5.00. The van der Waals surface area contributed by atoms with E-state index >= 15 is 0 Å². The van der Waals surface area contributed by atoms with Gasteiger partial charge in [0.1, 0.15) is 11.5 Å². The maximum absolute atomic E-state index is 14.1. The lowest BCUT2D eigenvalue weighted by Crippen LogP contribution is -2.14. The predicted octanol–water partition coefficient (Wildman–Crippen LogP) is 5.45. The molecule has 0 radical (unpaired) electrons. The van der Waals surface area contributed by atoms with Gasteiger partial charge in [-0.25, -0.2) is 9.37 Å². The van der Waals surface area contributed by atoms with Crippen molar-refractivity contribution in [3.8, 4) is 11.3 Å². The molecule has 6 heteroatoms. The molecule has 0 fully saturated rings. The lowest BCUT2D eigenvalue weighted by Gasteiger charge is -2.08. The van der Waals surface area contributed by atoms with E-state index in [-0.39, 0.29) is 27.0 Å². The molecule has 0 spiro atoms. The van der Waals surface area contributed by atoms with Crippen molar-refractivity contribution >= 4 is 34.8 Å². The van der Waals surface area contributed by atoms with E-state index in [1.807, 2.05) is 6.07 Å². The molecule has 1 N–H and O–H groups in total. The van der Waals surface area contributed by atoms with Crippen molar-refractivity contribution in [1.82, 2.24) is 4.98 Å². The summed E-state index contributed by atoms with van der Waals surface area (Å²) in [6, 6.07) is 16.1. The third-order valence-electron chi connectivity index (χ3n) is 3.26. The first kappa shape index (κ1) is 16.4. The molecule has 0 bridgehead atoms. The fourth-order valence-electron chi connectivity index (χ4n) is 2.17. The molecule has 3 nitrogen and oxygen atoms in total. The van der Waals surface area contributed by atoms with Crippen molar-refractivity contribution in [2.24, 2.45) is 0 Å². The minimum Gasteiger partial charge on any atom is -0.321 e. The second-order valence-corrected chi connectivity index (χ2v) is 5.87. The molecule has 24 heavy (non-hydrogen) atoms. The third kappa shape index (κ3) is 3.72. The van der Waals surface area contributed by atoms with Crippen LogP contribution in [0.25, 0.3) is 11.3 Å². The molecule has 0 aliphatic carbocycles. The van der Waals surface area contributed by atoms with Crippen LogP contribution >= 0.6 is 23.2 Å². The highest BCUT2D eigenvalue weighted by molar-refractivity contribution is 6.31. The van der Waals surface area contributed by atoms with Crippen LogP contribution in [0.5, 0.6) is 0 Å². The number of anilines is 1. The van der Waals surface area contributed by atoms with Gasteiger partial charge in [-0.3, -0.25) is 4.79 Å². The number of pyridine rings is 1. The number of nitrogens with one attached hydrogen (secondary N) is 1. The van der Waals surface area contributed by atoms with Gasteiger partial charge >= 0.3 is 0 Å². The Bertz CT molecular complexity index is 901. The summed E-state index contributed by atoms with van der Waals surface area (Å²) < 4.78 is 14.1. The zero-order chi connectivity index (χ0) is 17.1. The fourth-order valence-corrected chi connectivity index (χ4v) is 2.53. The van der Waals surface area contributed by atoms with E-state index in [2.05, 4.69) is 10.3 Å². The van der Waals surface area contributed by atoms with Gasteiger partial charge in [0.25, 0.3) is 5.91 Å². The van der Waals surface area contributed by atoms with E-state index in [0.29, 0.717) is 5.69 Å². The number of carbonyl (C=O) groups excluding carboxylic acids is 1. The van der Waals surface area contributed by atoms with Crippen LogP contribution in [0.4, 0.5) is 10.1 Å². The molecule has 1 aromatic heterocycles.